The zero-order chi connectivity index (χ0) is 13.1. The summed E-state index contributed by atoms with van der Waals surface area (Å²) in [6, 6.07) is 2.22. The van der Waals surface area contributed by atoms with E-state index in [0.717, 1.165) is 29.1 Å². The first-order chi connectivity index (χ1) is 8.56. The van der Waals surface area contributed by atoms with Crippen molar-refractivity contribution in [3.63, 3.8) is 0 Å². The first-order valence-corrected chi connectivity index (χ1v) is 7.66. The van der Waals surface area contributed by atoms with E-state index < -0.39 is 0 Å². The molecule has 100 valence electrons. The lowest BCUT2D eigenvalue weighted by Crippen LogP contribution is -2.39. The van der Waals surface area contributed by atoms with Gasteiger partial charge in [-0.05, 0) is 44.1 Å². The summed E-state index contributed by atoms with van der Waals surface area (Å²) in [6.45, 7) is 6.63. The average Bonchev–Trinajstić information content (AvgIpc) is 2.31. The average molecular weight is 265 g/mol. The van der Waals surface area contributed by atoms with Crippen LogP contribution in [0.15, 0.2) is 17.4 Å². The van der Waals surface area contributed by atoms with E-state index in [4.69, 9.17) is 5.73 Å². The second-order valence-electron chi connectivity index (χ2n) is 5.62. The molecule has 0 radical (unpaired) electrons. The number of aryl methyl sites for hydroxylation is 1. The van der Waals surface area contributed by atoms with E-state index in [1.165, 1.54) is 12.8 Å². The van der Waals surface area contributed by atoms with Gasteiger partial charge in [-0.15, -0.1) is 0 Å². The number of hydrogen-bond donors (Lipinski definition) is 1. The summed E-state index contributed by atoms with van der Waals surface area (Å²) in [5.41, 5.74) is 7.28. The van der Waals surface area contributed by atoms with Gasteiger partial charge in [0, 0.05) is 23.2 Å². The highest BCUT2D eigenvalue weighted by Crippen LogP contribution is 2.37. The Morgan fingerprint density at radius 1 is 1.39 bits per heavy atom. The third kappa shape index (κ3) is 3.45. The van der Waals surface area contributed by atoms with Crippen LogP contribution in [0, 0.1) is 18.8 Å². The minimum atomic E-state index is 0.286. The standard InChI is InChI=1S/C14H23N3S/c1-9(2)11-4-5-12(15)13(8-11)18-14-16-7-6-10(3)17-14/h6-7,9,11-13H,4-5,8,15H2,1-3H3. The van der Waals surface area contributed by atoms with Gasteiger partial charge in [0.15, 0.2) is 5.16 Å². The number of thioether (sulfide) groups is 1. The van der Waals surface area contributed by atoms with E-state index in [2.05, 4.69) is 23.8 Å². The van der Waals surface area contributed by atoms with E-state index >= 15 is 0 Å². The van der Waals surface area contributed by atoms with E-state index in [0.29, 0.717) is 5.25 Å². The highest BCUT2D eigenvalue weighted by Gasteiger charge is 2.30. The van der Waals surface area contributed by atoms with Gasteiger partial charge in [0.2, 0.25) is 0 Å². The van der Waals surface area contributed by atoms with Gasteiger partial charge in [-0.1, -0.05) is 25.6 Å². The SMILES string of the molecule is Cc1ccnc(SC2CC(C(C)C)CCC2N)n1. The Hall–Kier alpha value is -0.610. The zero-order valence-electron chi connectivity index (χ0n) is 11.5. The van der Waals surface area contributed by atoms with Crippen molar-refractivity contribution in [2.75, 3.05) is 0 Å². The van der Waals surface area contributed by atoms with Gasteiger partial charge in [-0.25, -0.2) is 9.97 Å². The Morgan fingerprint density at radius 3 is 2.83 bits per heavy atom. The predicted octanol–water partition coefficient (Wildman–Crippen LogP) is 3.03. The molecule has 0 aliphatic heterocycles. The molecular formula is C14H23N3S. The van der Waals surface area contributed by atoms with Crippen molar-refractivity contribution < 1.29 is 0 Å². The number of rotatable bonds is 3. The lowest BCUT2D eigenvalue weighted by Gasteiger charge is -2.35. The van der Waals surface area contributed by atoms with Crippen molar-refractivity contribution in [1.82, 2.24) is 9.97 Å². The molecule has 2 rings (SSSR count). The Balaban J connectivity index is 2.02. The van der Waals surface area contributed by atoms with Crippen LogP contribution in [0.2, 0.25) is 0 Å². The van der Waals surface area contributed by atoms with Crippen molar-refractivity contribution in [1.29, 1.82) is 0 Å². The molecule has 18 heavy (non-hydrogen) atoms. The van der Waals surface area contributed by atoms with Crippen LogP contribution in [0.1, 0.15) is 38.8 Å². The molecule has 1 aromatic heterocycles. The molecule has 0 amide bonds. The van der Waals surface area contributed by atoms with Crippen LogP contribution >= 0.6 is 11.8 Å². The number of hydrogen-bond acceptors (Lipinski definition) is 4. The summed E-state index contributed by atoms with van der Waals surface area (Å²) in [7, 11) is 0. The zero-order valence-corrected chi connectivity index (χ0v) is 12.3. The van der Waals surface area contributed by atoms with Crippen molar-refractivity contribution in [2.24, 2.45) is 17.6 Å². The molecule has 2 N–H and O–H groups in total. The molecule has 1 aromatic rings. The number of aromatic nitrogens is 2. The van der Waals surface area contributed by atoms with Gasteiger partial charge < -0.3 is 5.73 Å². The van der Waals surface area contributed by atoms with Gasteiger partial charge >= 0.3 is 0 Å². The van der Waals surface area contributed by atoms with E-state index in [1.54, 1.807) is 11.8 Å². The van der Waals surface area contributed by atoms with Gasteiger partial charge in [-0.2, -0.15) is 0 Å². The summed E-state index contributed by atoms with van der Waals surface area (Å²) < 4.78 is 0. The molecule has 1 aliphatic rings. The molecular weight excluding hydrogens is 242 g/mol. The fraction of sp³-hybridized carbons (Fsp3) is 0.714. The Labute approximate surface area is 114 Å². The summed E-state index contributed by atoms with van der Waals surface area (Å²) in [4.78, 5) is 8.80. The van der Waals surface area contributed by atoms with Crippen LogP contribution < -0.4 is 5.73 Å². The van der Waals surface area contributed by atoms with E-state index in [9.17, 15) is 0 Å². The van der Waals surface area contributed by atoms with Gasteiger partial charge in [0.25, 0.3) is 0 Å². The van der Waals surface area contributed by atoms with Crippen LogP contribution in [0.4, 0.5) is 0 Å². The van der Waals surface area contributed by atoms with Crippen molar-refractivity contribution >= 4 is 11.8 Å². The highest BCUT2D eigenvalue weighted by atomic mass is 32.2. The Bertz CT molecular complexity index is 394. The normalized spacial score (nSPS) is 28.6. The molecule has 3 nitrogen and oxygen atoms in total. The van der Waals surface area contributed by atoms with Crippen LogP contribution in [0.3, 0.4) is 0 Å². The molecule has 4 heteroatoms. The van der Waals surface area contributed by atoms with Crippen LogP contribution in [0.5, 0.6) is 0 Å². The first-order valence-electron chi connectivity index (χ1n) is 6.78. The van der Waals surface area contributed by atoms with Crippen LogP contribution in [-0.2, 0) is 0 Å². The molecule has 0 saturated heterocycles. The van der Waals surface area contributed by atoms with Crippen molar-refractivity contribution in [2.45, 2.75) is 56.5 Å². The largest absolute Gasteiger partial charge is 0.327 e. The van der Waals surface area contributed by atoms with Gasteiger partial charge in [-0.3, -0.25) is 0 Å². The third-order valence-electron chi connectivity index (χ3n) is 3.86. The summed E-state index contributed by atoms with van der Waals surface area (Å²) >= 11 is 1.76. The van der Waals surface area contributed by atoms with E-state index in [-0.39, 0.29) is 6.04 Å². The maximum absolute atomic E-state index is 6.25. The quantitative estimate of drug-likeness (QED) is 0.854. The Morgan fingerprint density at radius 2 is 2.17 bits per heavy atom. The third-order valence-corrected chi connectivity index (χ3v) is 5.11. The maximum Gasteiger partial charge on any atom is 0.188 e. The fourth-order valence-electron chi connectivity index (χ4n) is 2.54. The molecule has 0 bridgehead atoms. The Kier molecular flexibility index (Phi) is 4.62. The van der Waals surface area contributed by atoms with Gasteiger partial charge in [0.1, 0.15) is 0 Å². The second-order valence-corrected chi connectivity index (χ2v) is 6.82. The topological polar surface area (TPSA) is 51.8 Å². The summed E-state index contributed by atoms with van der Waals surface area (Å²) in [5, 5.41) is 1.34. The lowest BCUT2D eigenvalue weighted by molar-refractivity contribution is 0.266. The molecule has 1 fully saturated rings. The van der Waals surface area contributed by atoms with Gasteiger partial charge in [0.05, 0.1) is 0 Å². The van der Waals surface area contributed by atoms with Crippen LogP contribution in [0.25, 0.3) is 0 Å². The molecule has 1 saturated carbocycles. The predicted molar refractivity (Wildman–Crippen MR) is 76.6 cm³/mol. The molecule has 1 heterocycles. The first kappa shape index (κ1) is 13.8. The molecule has 3 atom stereocenters. The molecule has 0 aromatic carbocycles. The molecule has 3 unspecified atom stereocenters. The lowest BCUT2D eigenvalue weighted by atomic mass is 9.79. The maximum atomic E-state index is 6.25. The minimum absolute atomic E-state index is 0.286. The highest BCUT2D eigenvalue weighted by molar-refractivity contribution is 7.99. The minimum Gasteiger partial charge on any atom is -0.327 e. The summed E-state index contributed by atoms with van der Waals surface area (Å²) in [5.74, 6) is 1.55. The monoisotopic (exact) mass is 265 g/mol. The number of nitrogens with two attached hydrogens (primary N) is 1. The molecule has 0 spiro atoms. The van der Waals surface area contributed by atoms with Crippen molar-refractivity contribution in [3.8, 4) is 0 Å². The second kappa shape index (κ2) is 6.02. The van der Waals surface area contributed by atoms with Crippen LogP contribution in [-0.4, -0.2) is 21.3 Å². The molecule has 1 aliphatic carbocycles. The fourth-order valence-corrected chi connectivity index (χ4v) is 3.79. The van der Waals surface area contributed by atoms with Crippen molar-refractivity contribution in [3.05, 3.63) is 18.0 Å². The van der Waals surface area contributed by atoms with E-state index in [1.807, 2.05) is 19.2 Å². The summed E-state index contributed by atoms with van der Waals surface area (Å²) in [6.07, 6.45) is 5.43. The number of nitrogens with zero attached hydrogens (tertiary/aromatic N) is 2. The smallest absolute Gasteiger partial charge is 0.188 e.